The summed E-state index contributed by atoms with van der Waals surface area (Å²) in [6.07, 6.45) is -10.2. The maximum Gasteiger partial charge on any atom is 0.573 e. The molecule has 0 unspecified atom stereocenters. The van der Waals surface area contributed by atoms with E-state index in [1.165, 1.54) is 12.1 Å². The largest absolute Gasteiger partial charge is 0.573 e. The molecule has 0 heterocycles. The van der Waals surface area contributed by atoms with Crippen LogP contribution in [0.1, 0.15) is 20.7 Å². The molecule has 0 amide bonds. The normalized spacial score (nSPS) is 11.6. The lowest BCUT2D eigenvalue weighted by atomic mass is 10.2. The number of ether oxygens (including phenoxy) is 3. The number of carbonyl (C=O) groups is 2. The van der Waals surface area contributed by atoms with Crippen molar-refractivity contribution in [1.29, 1.82) is 0 Å². The van der Waals surface area contributed by atoms with Crippen LogP contribution in [0.2, 0.25) is 0 Å². The standard InChI is InChI=1S/C16H8F6O5/c17-15(18,19)26-11-7-3-1-5-9(11)13(23)25-14(24)10-6-2-4-8-12(10)27-16(20,21)22/h1-8H. The number of para-hydroxylation sites is 2. The third-order valence-corrected chi connectivity index (χ3v) is 2.85. The van der Waals surface area contributed by atoms with Crippen LogP contribution in [-0.2, 0) is 4.74 Å². The van der Waals surface area contributed by atoms with Crippen LogP contribution in [0.3, 0.4) is 0 Å². The van der Waals surface area contributed by atoms with Gasteiger partial charge in [0.1, 0.15) is 22.6 Å². The van der Waals surface area contributed by atoms with Gasteiger partial charge in [-0.3, -0.25) is 0 Å². The summed E-state index contributed by atoms with van der Waals surface area (Å²) >= 11 is 0. The van der Waals surface area contributed by atoms with Crippen molar-refractivity contribution >= 4 is 11.9 Å². The van der Waals surface area contributed by atoms with Crippen LogP contribution in [0.15, 0.2) is 48.5 Å². The van der Waals surface area contributed by atoms with Gasteiger partial charge in [-0.2, -0.15) is 0 Å². The van der Waals surface area contributed by atoms with Crippen molar-refractivity contribution in [1.82, 2.24) is 0 Å². The summed E-state index contributed by atoms with van der Waals surface area (Å²) in [6.45, 7) is 0. The van der Waals surface area contributed by atoms with Crippen LogP contribution in [0.25, 0.3) is 0 Å². The summed E-state index contributed by atoms with van der Waals surface area (Å²) in [5, 5.41) is 0. The fourth-order valence-electron chi connectivity index (χ4n) is 1.89. The summed E-state index contributed by atoms with van der Waals surface area (Å²) in [4.78, 5) is 24.0. The van der Waals surface area contributed by atoms with Gasteiger partial charge in [-0.05, 0) is 24.3 Å². The Hall–Kier alpha value is -3.24. The molecule has 2 aromatic carbocycles. The molecule has 0 spiro atoms. The van der Waals surface area contributed by atoms with Gasteiger partial charge >= 0.3 is 24.7 Å². The summed E-state index contributed by atoms with van der Waals surface area (Å²) in [6, 6.07) is 7.97. The SMILES string of the molecule is O=C(OC(=O)c1ccccc1OC(F)(F)F)c1ccccc1OC(F)(F)F. The first-order valence-corrected chi connectivity index (χ1v) is 6.92. The molecule has 2 rings (SSSR count). The fraction of sp³-hybridized carbons (Fsp3) is 0.125. The molecule has 0 aromatic heterocycles. The number of hydrogen-bond acceptors (Lipinski definition) is 5. The van der Waals surface area contributed by atoms with Gasteiger partial charge < -0.3 is 14.2 Å². The Balaban J connectivity index is 2.24. The smallest absolute Gasteiger partial charge is 0.405 e. The van der Waals surface area contributed by atoms with E-state index >= 15 is 0 Å². The Labute approximate surface area is 147 Å². The predicted molar refractivity (Wildman–Crippen MR) is 76.0 cm³/mol. The lowest BCUT2D eigenvalue weighted by Gasteiger charge is -2.13. The highest BCUT2D eigenvalue weighted by Crippen LogP contribution is 2.29. The zero-order chi connectivity index (χ0) is 20.2. The number of hydrogen-bond donors (Lipinski definition) is 0. The van der Waals surface area contributed by atoms with Crippen LogP contribution >= 0.6 is 0 Å². The fourth-order valence-corrected chi connectivity index (χ4v) is 1.89. The molecule has 0 N–H and O–H groups in total. The minimum Gasteiger partial charge on any atom is -0.405 e. The molecule has 0 aliphatic heterocycles. The van der Waals surface area contributed by atoms with E-state index < -0.39 is 47.3 Å². The Morgan fingerprint density at radius 2 is 0.963 bits per heavy atom. The number of benzene rings is 2. The third-order valence-electron chi connectivity index (χ3n) is 2.85. The number of esters is 2. The molecule has 0 atom stereocenters. The lowest BCUT2D eigenvalue weighted by molar-refractivity contribution is -0.275. The van der Waals surface area contributed by atoms with Gasteiger partial charge in [-0.25, -0.2) is 9.59 Å². The maximum absolute atomic E-state index is 12.4. The molecular weight excluding hydrogens is 386 g/mol. The molecule has 0 aliphatic rings. The van der Waals surface area contributed by atoms with Crippen LogP contribution in [0, 0.1) is 0 Å². The van der Waals surface area contributed by atoms with Crippen molar-refractivity contribution in [2.24, 2.45) is 0 Å². The van der Waals surface area contributed by atoms with Gasteiger partial charge in [0, 0.05) is 0 Å². The molecule has 0 bridgehead atoms. The Morgan fingerprint density at radius 1 is 0.630 bits per heavy atom. The summed E-state index contributed by atoms with van der Waals surface area (Å²) in [5.74, 6) is -4.99. The van der Waals surface area contributed by atoms with Gasteiger partial charge in [0.25, 0.3) is 0 Å². The van der Waals surface area contributed by atoms with Crippen molar-refractivity contribution in [3.63, 3.8) is 0 Å². The second-order valence-electron chi connectivity index (χ2n) is 4.76. The first kappa shape index (κ1) is 20.1. The Bertz CT molecular complexity index is 774. The quantitative estimate of drug-likeness (QED) is 0.435. The third kappa shape index (κ3) is 5.90. The molecule has 0 aliphatic carbocycles. The minimum atomic E-state index is -5.12. The topological polar surface area (TPSA) is 61.8 Å². The molecule has 11 heteroatoms. The molecule has 0 saturated carbocycles. The minimum absolute atomic E-state index is 0.752. The molecule has 27 heavy (non-hydrogen) atoms. The molecule has 5 nitrogen and oxygen atoms in total. The molecule has 144 valence electrons. The van der Waals surface area contributed by atoms with Gasteiger partial charge in [-0.1, -0.05) is 24.3 Å². The lowest BCUT2D eigenvalue weighted by Crippen LogP contribution is -2.22. The van der Waals surface area contributed by atoms with E-state index in [2.05, 4.69) is 14.2 Å². The first-order valence-electron chi connectivity index (χ1n) is 6.92. The number of carbonyl (C=O) groups excluding carboxylic acids is 2. The predicted octanol–water partition coefficient (Wildman–Crippen LogP) is 4.48. The van der Waals surface area contributed by atoms with E-state index in [-0.39, 0.29) is 0 Å². The molecule has 0 radical (unpaired) electrons. The zero-order valence-electron chi connectivity index (χ0n) is 12.9. The average Bonchev–Trinajstić information content (AvgIpc) is 2.52. The second kappa shape index (κ2) is 7.56. The highest BCUT2D eigenvalue weighted by atomic mass is 19.4. The highest BCUT2D eigenvalue weighted by Gasteiger charge is 2.35. The number of rotatable bonds is 4. The number of halogens is 6. The van der Waals surface area contributed by atoms with E-state index in [1.54, 1.807) is 0 Å². The summed E-state index contributed by atoms with van der Waals surface area (Å²) in [7, 11) is 0. The molecule has 2 aromatic rings. The Kier molecular flexibility index (Phi) is 5.62. The summed E-state index contributed by atoms with van der Waals surface area (Å²) < 4.78 is 85.8. The molecular formula is C16H8F6O5. The van der Waals surface area contributed by atoms with Crippen molar-refractivity contribution in [2.45, 2.75) is 12.7 Å². The maximum atomic E-state index is 12.4. The average molecular weight is 394 g/mol. The van der Waals surface area contributed by atoms with Crippen molar-refractivity contribution in [3.8, 4) is 11.5 Å². The van der Waals surface area contributed by atoms with Crippen LogP contribution in [0.5, 0.6) is 11.5 Å². The zero-order valence-corrected chi connectivity index (χ0v) is 12.9. The summed E-state index contributed by atoms with van der Waals surface area (Å²) in [5.41, 5.74) is -1.50. The Morgan fingerprint density at radius 3 is 1.30 bits per heavy atom. The van der Waals surface area contributed by atoms with Gasteiger partial charge in [0.15, 0.2) is 0 Å². The van der Waals surface area contributed by atoms with Crippen molar-refractivity contribution in [2.75, 3.05) is 0 Å². The monoisotopic (exact) mass is 394 g/mol. The van der Waals surface area contributed by atoms with Crippen LogP contribution in [-0.4, -0.2) is 24.7 Å². The van der Waals surface area contributed by atoms with Crippen molar-refractivity contribution in [3.05, 3.63) is 59.7 Å². The molecule has 0 saturated heterocycles. The van der Waals surface area contributed by atoms with E-state index in [0.717, 1.165) is 36.4 Å². The number of alkyl halides is 6. The van der Waals surface area contributed by atoms with E-state index in [4.69, 9.17) is 0 Å². The van der Waals surface area contributed by atoms with Crippen LogP contribution in [0.4, 0.5) is 26.3 Å². The van der Waals surface area contributed by atoms with Gasteiger partial charge in [-0.15, -0.1) is 26.3 Å². The van der Waals surface area contributed by atoms with Crippen molar-refractivity contribution < 1.29 is 50.1 Å². The van der Waals surface area contributed by atoms with Crippen LogP contribution < -0.4 is 9.47 Å². The van der Waals surface area contributed by atoms with E-state index in [1.807, 2.05) is 0 Å². The second-order valence-corrected chi connectivity index (χ2v) is 4.76. The van der Waals surface area contributed by atoms with Gasteiger partial charge in [0.05, 0.1) is 0 Å². The molecule has 0 fully saturated rings. The highest BCUT2D eigenvalue weighted by molar-refractivity contribution is 6.04. The van der Waals surface area contributed by atoms with E-state index in [9.17, 15) is 35.9 Å². The van der Waals surface area contributed by atoms with Gasteiger partial charge in [0.2, 0.25) is 0 Å². The first-order chi connectivity index (χ1) is 12.5. The van der Waals surface area contributed by atoms with E-state index in [0.29, 0.717) is 0 Å².